The van der Waals surface area contributed by atoms with Crippen LogP contribution in [-0.4, -0.2) is 0 Å². The molecular formula is C43H30. The molecule has 0 N–H and O–H groups in total. The first-order valence-corrected chi connectivity index (χ1v) is 15.2. The van der Waals surface area contributed by atoms with E-state index >= 15 is 0 Å². The van der Waals surface area contributed by atoms with E-state index < -0.39 is 0 Å². The van der Waals surface area contributed by atoms with Crippen molar-refractivity contribution in [3.05, 3.63) is 157 Å². The minimum atomic E-state index is -0.139. The molecule has 43 heavy (non-hydrogen) atoms. The molecule has 0 unspecified atom stereocenters. The fraction of sp³-hybridized carbons (Fsp3) is 0.0698. The lowest BCUT2D eigenvalue weighted by Gasteiger charge is -2.27. The van der Waals surface area contributed by atoms with E-state index in [4.69, 9.17) is 0 Å². The summed E-state index contributed by atoms with van der Waals surface area (Å²) in [6, 6.07) is 54.2. The van der Waals surface area contributed by atoms with Crippen LogP contribution in [0.3, 0.4) is 0 Å². The molecule has 8 aromatic carbocycles. The van der Waals surface area contributed by atoms with Crippen molar-refractivity contribution in [1.82, 2.24) is 0 Å². The van der Waals surface area contributed by atoms with Gasteiger partial charge in [0.15, 0.2) is 0 Å². The van der Waals surface area contributed by atoms with Crippen LogP contribution in [0.15, 0.2) is 146 Å². The molecule has 0 atom stereocenters. The molecule has 0 bridgehead atoms. The number of fused-ring (bicyclic) bond motifs is 8. The van der Waals surface area contributed by atoms with Crippen LogP contribution < -0.4 is 0 Å². The molecule has 8 aromatic rings. The second-order valence-corrected chi connectivity index (χ2v) is 12.5. The van der Waals surface area contributed by atoms with Gasteiger partial charge in [-0.15, -0.1) is 0 Å². The van der Waals surface area contributed by atoms with Crippen LogP contribution in [0.1, 0.15) is 25.0 Å². The Hall–Kier alpha value is -5.20. The molecule has 0 heterocycles. The Balaban J connectivity index is 1.50. The third kappa shape index (κ3) is 3.44. The topological polar surface area (TPSA) is 0 Å². The average Bonchev–Trinajstić information content (AvgIpc) is 3.29. The van der Waals surface area contributed by atoms with Gasteiger partial charge in [0.2, 0.25) is 0 Å². The average molecular weight is 547 g/mol. The van der Waals surface area contributed by atoms with Crippen LogP contribution >= 0.6 is 0 Å². The minimum Gasteiger partial charge on any atom is -0.0619 e. The standard InChI is InChI=1S/C43H30/c1-43(2)38-18-10-9-15-33(38)36-23-24-37-39(31-21-19-27-11-3-5-13-29(27)25-31)34-16-7-8-17-35(34)40(41(37)42(36)43)32-22-20-28-12-4-6-14-30(28)26-32/h3-26H,1-2H3. The van der Waals surface area contributed by atoms with E-state index in [1.165, 1.54) is 87.6 Å². The summed E-state index contributed by atoms with van der Waals surface area (Å²) in [4.78, 5) is 0. The highest BCUT2D eigenvalue weighted by Gasteiger charge is 2.38. The van der Waals surface area contributed by atoms with Gasteiger partial charge in [-0.1, -0.05) is 147 Å². The van der Waals surface area contributed by atoms with Gasteiger partial charge in [0.1, 0.15) is 0 Å². The Kier molecular flexibility index (Phi) is 5.05. The molecule has 0 spiro atoms. The summed E-state index contributed by atoms with van der Waals surface area (Å²) in [6.45, 7) is 4.82. The van der Waals surface area contributed by atoms with E-state index in [0.717, 1.165) is 0 Å². The maximum absolute atomic E-state index is 2.41. The van der Waals surface area contributed by atoms with E-state index in [2.05, 4.69) is 159 Å². The summed E-state index contributed by atoms with van der Waals surface area (Å²) >= 11 is 0. The Morgan fingerprint density at radius 1 is 0.395 bits per heavy atom. The summed E-state index contributed by atoms with van der Waals surface area (Å²) in [5.74, 6) is 0. The fourth-order valence-electron chi connectivity index (χ4n) is 7.84. The van der Waals surface area contributed by atoms with Crippen molar-refractivity contribution < 1.29 is 0 Å². The van der Waals surface area contributed by atoms with Crippen LogP contribution in [0.25, 0.3) is 76.5 Å². The van der Waals surface area contributed by atoms with Crippen molar-refractivity contribution in [2.75, 3.05) is 0 Å². The lowest BCUT2D eigenvalue weighted by Crippen LogP contribution is -2.16. The monoisotopic (exact) mass is 546 g/mol. The van der Waals surface area contributed by atoms with Crippen molar-refractivity contribution in [2.45, 2.75) is 19.3 Å². The molecule has 1 aliphatic carbocycles. The Morgan fingerprint density at radius 2 is 0.930 bits per heavy atom. The van der Waals surface area contributed by atoms with E-state index in [1.807, 2.05) is 0 Å². The molecule has 0 fully saturated rings. The van der Waals surface area contributed by atoms with Gasteiger partial charge in [0, 0.05) is 5.41 Å². The zero-order valence-corrected chi connectivity index (χ0v) is 24.4. The molecule has 202 valence electrons. The highest BCUT2D eigenvalue weighted by Crippen LogP contribution is 2.55. The second kappa shape index (κ2) is 8.90. The highest BCUT2D eigenvalue weighted by atomic mass is 14.4. The number of hydrogen-bond acceptors (Lipinski definition) is 0. The van der Waals surface area contributed by atoms with E-state index in [0.29, 0.717) is 0 Å². The molecule has 0 aliphatic heterocycles. The Bertz CT molecular complexity index is 2420. The van der Waals surface area contributed by atoms with Crippen LogP contribution in [0.2, 0.25) is 0 Å². The van der Waals surface area contributed by atoms with Gasteiger partial charge in [0.25, 0.3) is 0 Å². The van der Waals surface area contributed by atoms with Gasteiger partial charge in [-0.3, -0.25) is 0 Å². The van der Waals surface area contributed by atoms with Crippen molar-refractivity contribution >= 4 is 43.1 Å². The summed E-state index contributed by atoms with van der Waals surface area (Å²) in [5, 5.41) is 10.4. The van der Waals surface area contributed by atoms with Crippen LogP contribution in [0.5, 0.6) is 0 Å². The van der Waals surface area contributed by atoms with Gasteiger partial charge in [-0.2, -0.15) is 0 Å². The van der Waals surface area contributed by atoms with E-state index in [9.17, 15) is 0 Å². The van der Waals surface area contributed by atoms with Gasteiger partial charge in [-0.25, -0.2) is 0 Å². The predicted octanol–water partition coefficient (Wildman–Crippen LogP) is 11.9. The maximum atomic E-state index is 2.41. The first kappa shape index (κ1) is 24.4. The smallest absolute Gasteiger partial charge is 0.0165 e. The van der Waals surface area contributed by atoms with Crippen molar-refractivity contribution in [2.24, 2.45) is 0 Å². The van der Waals surface area contributed by atoms with Crippen LogP contribution in [-0.2, 0) is 5.41 Å². The summed E-state index contributed by atoms with van der Waals surface area (Å²) in [5.41, 5.74) is 10.6. The highest BCUT2D eigenvalue weighted by molar-refractivity contribution is 6.24. The number of benzene rings is 8. The largest absolute Gasteiger partial charge is 0.0619 e. The Labute approximate surface area is 251 Å². The van der Waals surface area contributed by atoms with Crippen molar-refractivity contribution in [3.63, 3.8) is 0 Å². The normalized spacial score (nSPS) is 13.5. The summed E-state index contributed by atoms with van der Waals surface area (Å²) < 4.78 is 0. The quantitative estimate of drug-likeness (QED) is 0.189. The molecule has 9 rings (SSSR count). The minimum absolute atomic E-state index is 0.139. The SMILES string of the molecule is CC1(C)c2ccccc2-c2ccc3c(-c4ccc5ccccc5c4)c4ccccc4c(-c4ccc5ccccc5c4)c3c21. The zero-order valence-electron chi connectivity index (χ0n) is 24.4. The third-order valence-electron chi connectivity index (χ3n) is 9.78. The zero-order chi connectivity index (χ0) is 28.7. The first-order valence-electron chi connectivity index (χ1n) is 15.2. The number of hydrogen-bond donors (Lipinski definition) is 0. The molecule has 0 heteroatoms. The lowest BCUT2D eigenvalue weighted by atomic mass is 9.76. The molecule has 0 amide bonds. The maximum Gasteiger partial charge on any atom is 0.0165 e. The van der Waals surface area contributed by atoms with Gasteiger partial charge in [0.05, 0.1) is 0 Å². The molecule has 0 radical (unpaired) electrons. The van der Waals surface area contributed by atoms with Gasteiger partial charge in [-0.05, 0) is 99.7 Å². The molecule has 0 nitrogen and oxygen atoms in total. The fourth-order valence-corrected chi connectivity index (χ4v) is 7.84. The Morgan fingerprint density at radius 3 is 1.60 bits per heavy atom. The van der Waals surface area contributed by atoms with Gasteiger partial charge >= 0.3 is 0 Å². The molecule has 0 aromatic heterocycles. The molecule has 0 saturated heterocycles. The molecular weight excluding hydrogens is 516 g/mol. The van der Waals surface area contributed by atoms with Crippen LogP contribution in [0, 0.1) is 0 Å². The predicted molar refractivity (Wildman–Crippen MR) is 185 cm³/mol. The number of rotatable bonds is 2. The third-order valence-corrected chi connectivity index (χ3v) is 9.78. The van der Waals surface area contributed by atoms with E-state index in [-0.39, 0.29) is 5.41 Å². The van der Waals surface area contributed by atoms with Crippen molar-refractivity contribution in [3.8, 4) is 33.4 Å². The molecule has 0 saturated carbocycles. The van der Waals surface area contributed by atoms with Crippen LogP contribution in [0.4, 0.5) is 0 Å². The van der Waals surface area contributed by atoms with Crippen molar-refractivity contribution in [1.29, 1.82) is 0 Å². The first-order chi connectivity index (χ1) is 21.1. The van der Waals surface area contributed by atoms with E-state index in [1.54, 1.807) is 0 Å². The second-order valence-electron chi connectivity index (χ2n) is 12.5. The lowest BCUT2D eigenvalue weighted by molar-refractivity contribution is 0.666. The summed E-state index contributed by atoms with van der Waals surface area (Å²) in [7, 11) is 0. The summed E-state index contributed by atoms with van der Waals surface area (Å²) in [6.07, 6.45) is 0. The molecule has 1 aliphatic rings. The van der Waals surface area contributed by atoms with Gasteiger partial charge < -0.3 is 0 Å².